The van der Waals surface area contributed by atoms with Crippen molar-refractivity contribution >= 4 is 32.5 Å². The maximum Gasteiger partial charge on any atom is 0.211 e. The molecule has 0 aromatic heterocycles. The SMILES string of the molecule is C=C1CN(S(C)(=O)=O)CCCN(Cc2ccccc2)CCCN(S(C)(=O)=O)C1.Cl. The van der Waals surface area contributed by atoms with E-state index in [1.807, 2.05) is 18.2 Å². The lowest BCUT2D eigenvalue weighted by molar-refractivity contribution is 0.238. The highest BCUT2D eigenvalue weighted by atomic mass is 35.5. The van der Waals surface area contributed by atoms with Crippen molar-refractivity contribution in [2.45, 2.75) is 19.4 Å². The van der Waals surface area contributed by atoms with E-state index in [2.05, 4.69) is 23.6 Å². The van der Waals surface area contributed by atoms with Crippen molar-refractivity contribution in [1.29, 1.82) is 0 Å². The summed E-state index contributed by atoms with van der Waals surface area (Å²) in [6.07, 6.45) is 3.79. The van der Waals surface area contributed by atoms with Gasteiger partial charge in [0.1, 0.15) is 0 Å². The van der Waals surface area contributed by atoms with Gasteiger partial charge in [-0.25, -0.2) is 16.8 Å². The summed E-state index contributed by atoms with van der Waals surface area (Å²) < 4.78 is 51.3. The molecule has 0 aliphatic carbocycles. The molecule has 0 saturated carbocycles. The summed E-state index contributed by atoms with van der Waals surface area (Å²) in [5.41, 5.74) is 1.76. The summed E-state index contributed by atoms with van der Waals surface area (Å²) in [6, 6.07) is 10.1. The van der Waals surface area contributed by atoms with Crippen molar-refractivity contribution in [2.24, 2.45) is 0 Å². The summed E-state index contributed by atoms with van der Waals surface area (Å²) >= 11 is 0. The van der Waals surface area contributed by atoms with E-state index in [4.69, 9.17) is 0 Å². The van der Waals surface area contributed by atoms with Gasteiger partial charge in [0.05, 0.1) is 12.5 Å². The minimum Gasteiger partial charge on any atom is -0.299 e. The molecular weight excluding hydrogens is 434 g/mol. The first kappa shape index (κ1) is 26.1. The molecule has 0 amide bonds. The number of benzene rings is 1. The highest BCUT2D eigenvalue weighted by Crippen LogP contribution is 2.13. The monoisotopic (exact) mass is 465 g/mol. The number of hydrogen-bond acceptors (Lipinski definition) is 5. The Morgan fingerprint density at radius 1 is 0.828 bits per heavy atom. The van der Waals surface area contributed by atoms with Gasteiger partial charge in [-0.2, -0.15) is 8.61 Å². The topological polar surface area (TPSA) is 78.0 Å². The van der Waals surface area contributed by atoms with Crippen LogP contribution in [-0.2, 0) is 26.6 Å². The zero-order chi connectivity index (χ0) is 20.8. The van der Waals surface area contributed by atoms with Gasteiger partial charge in [0.15, 0.2) is 0 Å². The van der Waals surface area contributed by atoms with E-state index in [0.717, 1.165) is 19.6 Å². The number of sulfonamides is 2. The molecule has 0 atom stereocenters. The number of hydrogen-bond donors (Lipinski definition) is 0. The zero-order valence-electron chi connectivity index (χ0n) is 17.2. The van der Waals surface area contributed by atoms with Crippen molar-refractivity contribution in [3.8, 4) is 0 Å². The highest BCUT2D eigenvalue weighted by molar-refractivity contribution is 7.88. The molecule has 1 heterocycles. The van der Waals surface area contributed by atoms with Crippen LogP contribution < -0.4 is 0 Å². The predicted molar refractivity (Wildman–Crippen MR) is 120 cm³/mol. The first-order valence-corrected chi connectivity index (χ1v) is 13.1. The summed E-state index contributed by atoms with van der Waals surface area (Å²) in [5, 5.41) is 0. The Balaban J connectivity index is 0.00000420. The van der Waals surface area contributed by atoms with Crippen molar-refractivity contribution < 1.29 is 16.8 Å². The Kier molecular flexibility index (Phi) is 10.3. The molecule has 0 unspecified atom stereocenters. The molecule has 1 aromatic rings. The van der Waals surface area contributed by atoms with E-state index >= 15 is 0 Å². The fourth-order valence-corrected chi connectivity index (χ4v) is 5.08. The highest BCUT2D eigenvalue weighted by Gasteiger charge is 2.23. The molecule has 1 fully saturated rings. The van der Waals surface area contributed by atoms with Crippen LogP contribution in [0.25, 0.3) is 0 Å². The van der Waals surface area contributed by atoms with Gasteiger partial charge >= 0.3 is 0 Å². The molecule has 0 bridgehead atoms. The molecule has 0 N–H and O–H groups in total. The average molecular weight is 466 g/mol. The van der Waals surface area contributed by atoms with Crippen LogP contribution in [0.5, 0.6) is 0 Å². The Bertz CT molecular complexity index is 811. The van der Waals surface area contributed by atoms with Gasteiger partial charge in [0, 0.05) is 32.7 Å². The van der Waals surface area contributed by atoms with Crippen molar-refractivity contribution in [3.05, 3.63) is 48.0 Å². The minimum atomic E-state index is -3.39. The number of rotatable bonds is 4. The van der Waals surface area contributed by atoms with Gasteiger partial charge in [-0.05, 0) is 37.1 Å². The predicted octanol–water partition coefficient (Wildman–Crippen LogP) is 1.78. The molecule has 1 aliphatic heterocycles. The summed E-state index contributed by atoms with van der Waals surface area (Å²) in [6.45, 7) is 7.22. The van der Waals surface area contributed by atoms with E-state index in [1.54, 1.807) is 0 Å². The molecule has 10 heteroatoms. The zero-order valence-corrected chi connectivity index (χ0v) is 19.6. The van der Waals surface area contributed by atoms with Crippen LogP contribution in [0.2, 0.25) is 0 Å². The molecule has 29 heavy (non-hydrogen) atoms. The number of nitrogens with zero attached hydrogens (tertiary/aromatic N) is 3. The maximum atomic E-state index is 12.1. The Morgan fingerprint density at radius 2 is 1.28 bits per heavy atom. The normalized spacial score (nSPS) is 19.7. The quantitative estimate of drug-likeness (QED) is 0.633. The second-order valence-corrected chi connectivity index (χ2v) is 11.4. The molecular formula is C19H32ClN3O4S2. The third kappa shape index (κ3) is 9.15. The van der Waals surface area contributed by atoms with E-state index in [-0.39, 0.29) is 25.5 Å². The first-order chi connectivity index (χ1) is 13.1. The molecule has 166 valence electrons. The summed E-state index contributed by atoms with van der Waals surface area (Å²) in [5.74, 6) is 0. The van der Waals surface area contributed by atoms with Crippen LogP contribution in [-0.4, -0.2) is 82.1 Å². The van der Waals surface area contributed by atoms with Crippen LogP contribution in [0.1, 0.15) is 18.4 Å². The van der Waals surface area contributed by atoms with Crippen LogP contribution >= 0.6 is 12.4 Å². The van der Waals surface area contributed by atoms with Gasteiger partial charge in [0.25, 0.3) is 0 Å². The lowest BCUT2D eigenvalue weighted by Crippen LogP contribution is -2.40. The van der Waals surface area contributed by atoms with Crippen LogP contribution in [0.15, 0.2) is 42.5 Å². The van der Waals surface area contributed by atoms with Crippen molar-refractivity contribution in [1.82, 2.24) is 13.5 Å². The summed E-state index contributed by atoms with van der Waals surface area (Å²) in [7, 11) is -6.78. The smallest absolute Gasteiger partial charge is 0.211 e. The first-order valence-electron chi connectivity index (χ1n) is 9.39. The second-order valence-electron chi connectivity index (χ2n) is 7.41. The van der Waals surface area contributed by atoms with Gasteiger partial charge in [-0.1, -0.05) is 36.9 Å². The van der Waals surface area contributed by atoms with Crippen molar-refractivity contribution in [3.63, 3.8) is 0 Å². The van der Waals surface area contributed by atoms with E-state index in [9.17, 15) is 16.8 Å². The Hall–Kier alpha value is -0.970. The molecule has 1 aromatic carbocycles. The third-order valence-electron chi connectivity index (χ3n) is 4.75. The van der Waals surface area contributed by atoms with Gasteiger partial charge in [0.2, 0.25) is 20.0 Å². The Labute approximate surface area is 181 Å². The molecule has 0 spiro atoms. The van der Waals surface area contributed by atoms with E-state index < -0.39 is 20.0 Å². The van der Waals surface area contributed by atoms with Crippen LogP contribution in [0.4, 0.5) is 0 Å². The molecule has 2 rings (SSSR count). The average Bonchev–Trinajstić information content (AvgIpc) is 2.57. The molecule has 1 saturated heterocycles. The maximum absolute atomic E-state index is 12.1. The van der Waals surface area contributed by atoms with Gasteiger partial charge < -0.3 is 0 Å². The van der Waals surface area contributed by atoms with Gasteiger partial charge in [-0.15, -0.1) is 12.4 Å². The lowest BCUT2D eigenvalue weighted by Gasteiger charge is -2.29. The molecule has 7 nitrogen and oxygen atoms in total. The molecule has 0 radical (unpaired) electrons. The summed E-state index contributed by atoms with van der Waals surface area (Å²) in [4.78, 5) is 2.26. The Morgan fingerprint density at radius 3 is 1.69 bits per heavy atom. The van der Waals surface area contributed by atoms with Gasteiger partial charge in [-0.3, -0.25) is 4.90 Å². The fourth-order valence-electron chi connectivity index (χ4n) is 3.33. The molecule has 1 aliphatic rings. The van der Waals surface area contributed by atoms with E-state index in [0.29, 0.717) is 31.5 Å². The fraction of sp³-hybridized carbons (Fsp3) is 0.579. The van der Waals surface area contributed by atoms with Crippen LogP contribution in [0, 0.1) is 0 Å². The number of halogens is 1. The minimum absolute atomic E-state index is 0. The van der Waals surface area contributed by atoms with E-state index in [1.165, 1.54) is 26.7 Å². The lowest BCUT2D eigenvalue weighted by atomic mass is 10.2. The van der Waals surface area contributed by atoms with Crippen LogP contribution in [0.3, 0.4) is 0 Å². The third-order valence-corrected chi connectivity index (χ3v) is 7.25. The standard InChI is InChI=1S/C19H31N3O4S2.ClH/c1-18-15-21(27(2,23)24)13-7-11-20(17-19-9-5-4-6-10-19)12-8-14-22(16-18)28(3,25)26;/h4-6,9-10H,1,7-8,11-17H2,2-3H3;1H. The largest absolute Gasteiger partial charge is 0.299 e. The van der Waals surface area contributed by atoms with Crippen molar-refractivity contribution in [2.75, 3.05) is 51.8 Å². The second kappa shape index (κ2) is 11.4.